The number of aromatic nitrogens is 2. The minimum Gasteiger partial charge on any atom is -0.388 e. The van der Waals surface area contributed by atoms with Gasteiger partial charge in [-0.3, -0.25) is 4.40 Å². The summed E-state index contributed by atoms with van der Waals surface area (Å²) in [5, 5.41) is 6.65. The molecule has 0 saturated carbocycles. The van der Waals surface area contributed by atoms with Gasteiger partial charge in [-0.15, -0.1) is 0 Å². The van der Waals surface area contributed by atoms with Gasteiger partial charge in [-0.05, 0) is 48.7 Å². The predicted molar refractivity (Wildman–Crippen MR) is 110 cm³/mol. The molecule has 4 nitrogen and oxygen atoms in total. The van der Waals surface area contributed by atoms with Gasteiger partial charge in [-0.25, -0.2) is 4.98 Å². The van der Waals surface area contributed by atoms with Crippen LogP contribution in [0.5, 0.6) is 0 Å². The lowest BCUT2D eigenvalue weighted by atomic mass is 10.1. The average Bonchev–Trinajstić information content (AvgIpc) is 2.98. The Morgan fingerprint density at radius 3 is 2.88 bits per heavy atom. The second-order valence-corrected chi connectivity index (χ2v) is 6.40. The Morgan fingerprint density at radius 2 is 2.00 bits per heavy atom. The van der Waals surface area contributed by atoms with E-state index in [4.69, 9.17) is 0 Å². The van der Waals surface area contributed by atoms with Crippen molar-refractivity contribution in [3.63, 3.8) is 0 Å². The molecule has 0 bridgehead atoms. The van der Waals surface area contributed by atoms with Gasteiger partial charge in [0.1, 0.15) is 0 Å². The maximum absolute atomic E-state index is 4.67. The van der Waals surface area contributed by atoms with Crippen LogP contribution in [0.15, 0.2) is 79.2 Å². The highest BCUT2D eigenvalue weighted by Crippen LogP contribution is 2.28. The number of anilines is 3. The molecular weight excluding hydrogens is 320 g/mol. The summed E-state index contributed by atoms with van der Waals surface area (Å²) in [6.07, 6.45) is 12.5. The van der Waals surface area contributed by atoms with E-state index in [1.165, 1.54) is 5.57 Å². The molecule has 1 aliphatic rings. The van der Waals surface area contributed by atoms with Gasteiger partial charge in [0, 0.05) is 24.6 Å². The van der Waals surface area contributed by atoms with Crippen molar-refractivity contribution in [2.24, 2.45) is 0 Å². The lowest BCUT2D eigenvalue weighted by Crippen LogP contribution is -1.97. The molecule has 0 spiro atoms. The van der Waals surface area contributed by atoms with Crippen molar-refractivity contribution in [2.45, 2.75) is 12.8 Å². The van der Waals surface area contributed by atoms with E-state index in [9.17, 15) is 0 Å². The zero-order valence-electron chi connectivity index (χ0n) is 14.9. The number of fused-ring (bicyclic) bond motifs is 1. The van der Waals surface area contributed by atoms with E-state index >= 15 is 0 Å². The number of hydrogen-bond acceptors (Lipinski definition) is 3. The fourth-order valence-electron chi connectivity index (χ4n) is 3.19. The van der Waals surface area contributed by atoms with Crippen LogP contribution in [-0.2, 0) is 0 Å². The van der Waals surface area contributed by atoms with Gasteiger partial charge in [0.05, 0.1) is 17.6 Å². The molecular formula is C22H22N4. The van der Waals surface area contributed by atoms with E-state index in [1.54, 1.807) is 0 Å². The number of pyridine rings is 1. The highest BCUT2D eigenvalue weighted by atomic mass is 15.0. The second kappa shape index (κ2) is 6.92. The highest BCUT2D eigenvalue weighted by molar-refractivity contribution is 5.80. The largest absolute Gasteiger partial charge is 0.388 e. The molecule has 0 atom stereocenters. The van der Waals surface area contributed by atoms with Crippen LogP contribution in [0.1, 0.15) is 18.5 Å². The number of allylic oxidation sites excluding steroid dienone is 5. The minimum absolute atomic E-state index is 0.912. The number of imidazole rings is 1. The van der Waals surface area contributed by atoms with E-state index in [1.807, 2.05) is 31.4 Å². The van der Waals surface area contributed by atoms with Crippen molar-refractivity contribution in [1.82, 2.24) is 9.38 Å². The van der Waals surface area contributed by atoms with Crippen molar-refractivity contribution in [2.75, 3.05) is 17.7 Å². The van der Waals surface area contributed by atoms with Crippen LogP contribution in [0, 0.1) is 0 Å². The van der Waals surface area contributed by atoms with Gasteiger partial charge in [-0.2, -0.15) is 0 Å². The van der Waals surface area contributed by atoms with Crippen LogP contribution < -0.4 is 10.6 Å². The molecule has 3 aromatic rings. The molecule has 0 unspecified atom stereocenters. The van der Waals surface area contributed by atoms with Crippen LogP contribution in [-0.4, -0.2) is 16.4 Å². The van der Waals surface area contributed by atoms with Crippen molar-refractivity contribution < 1.29 is 0 Å². The van der Waals surface area contributed by atoms with Crippen molar-refractivity contribution >= 4 is 28.3 Å². The Morgan fingerprint density at radius 1 is 1.12 bits per heavy atom. The molecule has 4 rings (SSSR count). The second-order valence-electron chi connectivity index (χ2n) is 6.40. The van der Waals surface area contributed by atoms with E-state index < -0.39 is 0 Å². The Bertz CT molecular complexity index is 1020. The van der Waals surface area contributed by atoms with E-state index in [0.29, 0.717) is 0 Å². The number of nitrogens with zero attached hydrogens (tertiary/aromatic N) is 2. The summed E-state index contributed by atoms with van der Waals surface area (Å²) in [6.45, 7) is 4.07. The zero-order valence-corrected chi connectivity index (χ0v) is 14.9. The highest BCUT2D eigenvalue weighted by Gasteiger charge is 2.11. The molecule has 0 fully saturated rings. The first kappa shape index (κ1) is 16.2. The quantitative estimate of drug-likeness (QED) is 0.666. The van der Waals surface area contributed by atoms with Crippen LogP contribution in [0.3, 0.4) is 0 Å². The third-order valence-corrected chi connectivity index (χ3v) is 4.59. The minimum atomic E-state index is 0.912. The lowest BCUT2D eigenvalue weighted by Gasteiger charge is -2.10. The van der Waals surface area contributed by atoms with Gasteiger partial charge in [-0.1, -0.05) is 36.4 Å². The third-order valence-electron chi connectivity index (χ3n) is 4.59. The third kappa shape index (κ3) is 3.14. The molecule has 0 saturated heterocycles. The van der Waals surface area contributed by atoms with Gasteiger partial charge >= 0.3 is 0 Å². The Kier molecular flexibility index (Phi) is 4.32. The summed E-state index contributed by atoms with van der Waals surface area (Å²) in [7, 11) is 1.92. The smallest absolute Gasteiger partial charge is 0.161 e. The van der Waals surface area contributed by atoms with E-state index in [0.717, 1.165) is 46.8 Å². The first-order valence-corrected chi connectivity index (χ1v) is 8.82. The Hall–Kier alpha value is -3.27. The van der Waals surface area contributed by atoms with Gasteiger partial charge < -0.3 is 10.6 Å². The van der Waals surface area contributed by atoms with Crippen LogP contribution >= 0.6 is 0 Å². The first-order valence-electron chi connectivity index (χ1n) is 8.82. The predicted octanol–water partition coefficient (Wildman–Crippen LogP) is 5.41. The summed E-state index contributed by atoms with van der Waals surface area (Å²) in [4.78, 5) is 4.67. The Labute approximate surface area is 153 Å². The van der Waals surface area contributed by atoms with Crippen LogP contribution in [0.25, 0.3) is 11.2 Å². The molecule has 1 aromatic carbocycles. The standard InChI is InChI=1S/C22H22N4/c1-16-6-3-7-17(12-11-16)21-15-24-22-20(10-5-13-26(21)22)25-19-9-4-8-18(14-19)23-2/h4-5,7-15,23,25H,1,3,6H2,2H3. The summed E-state index contributed by atoms with van der Waals surface area (Å²) in [5.41, 5.74) is 7.43. The van der Waals surface area contributed by atoms with Gasteiger partial charge in [0.25, 0.3) is 0 Å². The number of nitrogens with one attached hydrogen (secondary N) is 2. The van der Waals surface area contributed by atoms with Crippen molar-refractivity contribution in [3.8, 4) is 0 Å². The van der Waals surface area contributed by atoms with Gasteiger partial charge in [0.2, 0.25) is 0 Å². The molecule has 0 aliphatic heterocycles. The van der Waals surface area contributed by atoms with E-state index in [-0.39, 0.29) is 0 Å². The maximum Gasteiger partial charge on any atom is 0.161 e. The molecule has 4 heteroatoms. The molecule has 2 heterocycles. The summed E-state index contributed by atoms with van der Waals surface area (Å²) < 4.78 is 2.13. The van der Waals surface area contributed by atoms with Gasteiger partial charge in [0.15, 0.2) is 5.65 Å². The fourth-order valence-corrected chi connectivity index (χ4v) is 3.19. The number of rotatable bonds is 4. The SMILES string of the molecule is C=C1C=CC(c2cnc3c(Nc4cccc(NC)c4)cccn23)=CCC1. The van der Waals surface area contributed by atoms with Crippen LogP contribution in [0.4, 0.5) is 17.1 Å². The van der Waals surface area contributed by atoms with Crippen molar-refractivity contribution in [3.05, 3.63) is 84.9 Å². The molecule has 2 aromatic heterocycles. The number of benzene rings is 1. The van der Waals surface area contributed by atoms with Crippen LogP contribution in [0.2, 0.25) is 0 Å². The van der Waals surface area contributed by atoms with Crippen molar-refractivity contribution in [1.29, 1.82) is 0 Å². The molecule has 2 N–H and O–H groups in total. The zero-order chi connectivity index (χ0) is 17.9. The molecule has 26 heavy (non-hydrogen) atoms. The topological polar surface area (TPSA) is 41.4 Å². The van der Waals surface area contributed by atoms with E-state index in [2.05, 4.69) is 69.2 Å². The first-order chi connectivity index (χ1) is 12.7. The fraction of sp³-hybridized carbons (Fsp3) is 0.136. The monoisotopic (exact) mass is 342 g/mol. The summed E-state index contributed by atoms with van der Waals surface area (Å²) in [5.74, 6) is 0. The number of hydrogen-bond donors (Lipinski definition) is 2. The normalized spacial score (nSPS) is 14.2. The molecule has 1 aliphatic carbocycles. The summed E-state index contributed by atoms with van der Waals surface area (Å²) in [6, 6.07) is 12.3. The maximum atomic E-state index is 4.67. The lowest BCUT2D eigenvalue weighted by molar-refractivity contribution is 1.02. The average molecular weight is 342 g/mol. The summed E-state index contributed by atoms with van der Waals surface area (Å²) >= 11 is 0. The molecule has 0 radical (unpaired) electrons. The molecule has 0 amide bonds. The Balaban J connectivity index is 1.72. The molecule has 130 valence electrons.